The summed E-state index contributed by atoms with van der Waals surface area (Å²) in [5.41, 5.74) is 6.68. The number of hydrogen-bond acceptors (Lipinski definition) is 4. The van der Waals surface area contributed by atoms with E-state index in [-0.39, 0.29) is 17.4 Å². The summed E-state index contributed by atoms with van der Waals surface area (Å²) < 4.78 is 28.4. The smallest absolute Gasteiger partial charge is 0.259 e. The summed E-state index contributed by atoms with van der Waals surface area (Å²) in [4.78, 5) is 4.00. The molecule has 0 unspecified atom stereocenters. The quantitative estimate of drug-likeness (QED) is 0.551. The Morgan fingerprint density at radius 1 is 1.48 bits per heavy atom. The zero-order valence-electron chi connectivity index (χ0n) is 11.8. The monoisotopic (exact) mass is 307 g/mol. The van der Waals surface area contributed by atoms with Gasteiger partial charge < -0.3 is 10.3 Å². The lowest BCUT2D eigenvalue weighted by molar-refractivity contribution is 0.578. The van der Waals surface area contributed by atoms with Crippen molar-refractivity contribution in [3.63, 3.8) is 0 Å². The van der Waals surface area contributed by atoms with E-state index >= 15 is 0 Å². The highest BCUT2D eigenvalue weighted by Crippen LogP contribution is 2.10. The van der Waals surface area contributed by atoms with Gasteiger partial charge in [-0.2, -0.15) is 0 Å². The number of nitrogen functional groups attached to an aromatic ring is 1. The number of nitrogens with two attached hydrogens (primary N) is 1. The van der Waals surface area contributed by atoms with E-state index in [9.17, 15) is 8.42 Å². The molecule has 112 valence electrons. The van der Waals surface area contributed by atoms with Gasteiger partial charge in [0.05, 0.1) is 0 Å². The number of nitrogens with zero attached hydrogens (tertiary/aromatic N) is 2. The first-order valence-electron chi connectivity index (χ1n) is 6.22. The number of nitrogens with one attached hydrogen (secondary N) is 2. The number of amidine groups is 1. The van der Waals surface area contributed by atoms with E-state index in [2.05, 4.69) is 9.71 Å². The van der Waals surface area contributed by atoms with Gasteiger partial charge in [-0.3, -0.25) is 5.41 Å². The molecule has 7 nitrogen and oxygen atoms in total. The van der Waals surface area contributed by atoms with Crippen LogP contribution in [0.25, 0.3) is 0 Å². The van der Waals surface area contributed by atoms with Crippen LogP contribution in [0.2, 0.25) is 0 Å². The van der Waals surface area contributed by atoms with Gasteiger partial charge in [-0.1, -0.05) is 18.2 Å². The standard InChI is InChI=1S/C13H17N5O2S/c1-9-17-12(8-18(9)2)21(19,20)16-7-10-4-3-5-11(6-10)13(14)15/h3-6,8,16H,7H2,1-2H3,(H3,14,15). The third-order valence-electron chi connectivity index (χ3n) is 3.07. The van der Waals surface area contributed by atoms with Crippen molar-refractivity contribution in [2.45, 2.75) is 18.5 Å². The lowest BCUT2D eigenvalue weighted by Gasteiger charge is -2.06. The number of aromatic nitrogens is 2. The van der Waals surface area contributed by atoms with Crippen LogP contribution in [0.15, 0.2) is 35.5 Å². The first-order chi connectivity index (χ1) is 9.79. The number of imidazole rings is 1. The summed E-state index contributed by atoms with van der Waals surface area (Å²) in [5.74, 6) is 0.564. The van der Waals surface area contributed by atoms with Crippen molar-refractivity contribution in [2.24, 2.45) is 12.8 Å². The average Bonchev–Trinajstić information content (AvgIpc) is 2.78. The van der Waals surface area contributed by atoms with E-state index < -0.39 is 10.0 Å². The summed E-state index contributed by atoms with van der Waals surface area (Å²) in [7, 11) is -1.93. The van der Waals surface area contributed by atoms with E-state index in [1.54, 1.807) is 42.8 Å². The SMILES string of the molecule is Cc1nc(S(=O)(=O)NCc2cccc(C(=N)N)c2)cn1C. The molecule has 1 aromatic heterocycles. The lowest BCUT2D eigenvalue weighted by atomic mass is 10.1. The second kappa shape index (κ2) is 5.66. The highest BCUT2D eigenvalue weighted by Gasteiger charge is 2.18. The molecule has 1 heterocycles. The molecule has 0 atom stereocenters. The Labute approximate surface area is 123 Å². The maximum atomic E-state index is 12.1. The lowest BCUT2D eigenvalue weighted by Crippen LogP contribution is -2.24. The summed E-state index contributed by atoms with van der Waals surface area (Å²) in [5, 5.41) is 7.37. The topological polar surface area (TPSA) is 114 Å². The van der Waals surface area contributed by atoms with Crippen molar-refractivity contribution in [1.29, 1.82) is 5.41 Å². The average molecular weight is 307 g/mol. The van der Waals surface area contributed by atoms with Gasteiger partial charge in [0.15, 0.2) is 5.03 Å². The Kier molecular flexibility index (Phi) is 4.10. The van der Waals surface area contributed by atoms with Crippen molar-refractivity contribution < 1.29 is 8.42 Å². The van der Waals surface area contributed by atoms with Crippen molar-refractivity contribution >= 4 is 15.9 Å². The van der Waals surface area contributed by atoms with Gasteiger partial charge in [0.1, 0.15) is 11.7 Å². The molecule has 0 aliphatic heterocycles. The van der Waals surface area contributed by atoms with Crippen molar-refractivity contribution in [1.82, 2.24) is 14.3 Å². The Bertz CT molecular complexity index is 760. The molecule has 2 aromatic rings. The van der Waals surface area contributed by atoms with Crippen LogP contribution in [0, 0.1) is 12.3 Å². The van der Waals surface area contributed by atoms with Crippen molar-refractivity contribution in [3.05, 3.63) is 47.4 Å². The third-order valence-corrected chi connectivity index (χ3v) is 4.34. The molecule has 0 fully saturated rings. The summed E-state index contributed by atoms with van der Waals surface area (Å²) >= 11 is 0. The Balaban J connectivity index is 2.15. The minimum atomic E-state index is -3.66. The number of hydrogen-bond donors (Lipinski definition) is 3. The summed E-state index contributed by atoms with van der Waals surface area (Å²) in [6.07, 6.45) is 1.46. The molecule has 2 rings (SSSR count). The Morgan fingerprint density at radius 3 is 2.76 bits per heavy atom. The minimum Gasteiger partial charge on any atom is -0.384 e. The molecule has 0 bridgehead atoms. The van der Waals surface area contributed by atoms with Crippen molar-refractivity contribution in [3.8, 4) is 0 Å². The molecule has 0 radical (unpaired) electrons. The maximum absolute atomic E-state index is 12.1. The third kappa shape index (κ3) is 3.47. The molecule has 0 saturated heterocycles. The largest absolute Gasteiger partial charge is 0.384 e. The fourth-order valence-corrected chi connectivity index (χ4v) is 2.81. The Hall–Kier alpha value is -2.19. The van der Waals surface area contributed by atoms with E-state index in [4.69, 9.17) is 11.1 Å². The molecule has 0 saturated carbocycles. The molecule has 1 aromatic carbocycles. The minimum absolute atomic E-state index is 0.00905. The van der Waals surface area contributed by atoms with Crippen LogP contribution < -0.4 is 10.5 Å². The number of rotatable bonds is 5. The van der Waals surface area contributed by atoms with Crippen LogP contribution in [-0.4, -0.2) is 23.8 Å². The van der Waals surface area contributed by atoms with Crippen LogP contribution in [-0.2, 0) is 23.6 Å². The van der Waals surface area contributed by atoms with Gasteiger partial charge in [0.25, 0.3) is 10.0 Å². The molecule has 0 aliphatic carbocycles. The van der Waals surface area contributed by atoms with Crippen LogP contribution in [0.3, 0.4) is 0 Å². The highest BCUT2D eigenvalue weighted by molar-refractivity contribution is 7.89. The van der Waals surface area contributed by atoms with E-state index in [0.717, 1.165) is 5.56 Å². The van der Waals surface area contributed by atoms with Crippen LogP contribution in [0.4, 0.5) is 0 Å². The van der Waals surface area contributed by atoms with Gasteiger partial charge in [0.2, 0.25) is 0 Å². The van der Waals surface area contributed by atoms with E-state index in [1.165, 1.54) is 6.20 Å². The summed E-state index contributed by atoms with van der Waals surface area (Å²) in [6, 6.07) is 6.86. The second-order valence-corrected chi connectivity index (χ2v) is 6.39. The molecule has 4 N–H and O–H groups in total. The number of aryl methyl sites for hydroxylation is 2. The Morgan fingerprint density at radius 2 is 2.19 bits per heavy atom. The van der Waals surface area contributed by atoms with Crippen LogP contribution in [0.5, 0.6) is 0 Å². The fraction of sp³-hybridized carbons (Fsp3) is 0.231. The zero-order valence-corrected chi connectivity index (χ0v) is 12.6. The van der Waals surface area contributed by atoms with Crippen LogP contribution >= 0.6 is 0 Å². The van der Waals surface area contributed by atoms with Gasteiger partial charge in [0, 0.05) is 25.4 Å². The predicted molar refractivity (Wildman–Crippen MR) is 79.4 cm³/mol. The fourth-order valence-electron chi connectivity index (χ4n) is 1.76. The van der Waals surface area contributed by atoms with Crippen LogP contribution in [0.1, 0.15) is 17.0 Å². The number of benzene rings is 1. The molecule has 0 amide bonds. The van der Waals surface area contributed by atoms with Gasteiger partial charge in [-0.25, -0.2) is 18.1 Å². The normalized spacial score (nSPS) is 11.5. The molecule has 0 aliphatic rings. The molecule has 8 heteroatoms. The first kappa shape index (κ1) is 15.2. The molecule has 0 spiro atoms. The van der Waals surface area contributed by atoms with E-state index in [1.807, 2.05) is 0 Å². The van der Waals surface area contributed by atoms with Crippen molar-refractivity contribution in [2.75, 3.05) is 0 Å². The summed E-state index contributed by atoms with van der Waals surface area (Å²) in [6.45, 7) is 1.84. The maximum Gasteiger partial charge on any atom is 0.259 e. The van der Waals surface area contributed by atoms with Gasteiger partial charge in [-0.15, -0.1) is 0 Å². The predicted octanol–water partition coefficient (Wildman–Crippen LogP) is 0.491. The molecule has 21 heavy (non-hydrogen) atoms. The first-order valence-corrected chi connectivity index (χ1v) is 7.71. The second-order valence-electron chi connectivity index (χ2n) is 4.68. The highest BCUT2D eigenvalue weighted by atomic mass is 32.2. The molecular weight excluding hydrogens is 290 g/mol. The van der Waals surface area contributed by atoms with E-state index in [0.29, 0.717) is 11.4 Å². The zero-order chi connectivity index (χ0) is 15.6. The molecular formula is C13H17N5O2S. The number of sulfonamides is 1. The van der Waals surface area contributed by atoms with Gasteiger partial charge in [-0.05, 0) is 18.6 Å². The van der Waals surface area contributed by atoms with Gasteiger partial charge >= 0.3 is 0 Å².